The van der Waals surface area contributed by atoms with E-state index in [0.717, 1.165) is 0 Å². The van der Waals surface area contributed by atoms with Crippen molar-refractivity contribution in [2.45, 2.75) is 55.1 Å². The molecule has 9 atom stereocenters. The van der Waals surface area contributed by atoms with Gasteiger partial charge in [-0.25, -0.2) is 4.79 Å². The molecular weight excluding hydrogens is 406 g/mol. The van der Waals surface area contributed by atoms with Gasteiger partial charge in [-0.05, 0) is 0 Å². The van der Waals surface area contributed by atoms with Gasteiger partial charge in [0.15, 0.2) is 12.4 Å². The van der Waals surface area contributed by atoms with Crippen molar-refractivity contribution in [1.82, 2.24) is 0 Å². The summed E-state index contributed by atoms with van der Waals surface area (Å²) in [5.41, 5.74) is 0. The Balaban J connectivity index is 0.00000576. The second-order valence-corrected chi connectivity index (χ2v) is 5.32. The van der Waals surface area contributed by atoms with Gasteiger partial charge in [0.1, 0.15) is 42.7 Å². The van der Waals surface area contributed by atoms with Crippen LogP contribution in [0, 0.1) is 0 Å². The SMILES string of the molecule is O=C(O)C(O)C(O)C(O[C@H]1O[C@H](CO)[C@@H](O)[C@H](O)[C@H]1O)C(O)CO.[GaH3]. The average molecular weight is 431 g/mol. The molecule has 1 aliphatic rings. The Kier molecular flexibility index (Phi) is 10.6. The third kappa shape index (κ3) is 5.85. The van der Waals surface area contributed by atoms with Gasteiger partial charge in [0.05, 0.1) is 13.2 Å². The first kappa shape index (κ1) is 24.7. The number of hydrogen-bond acceptors (Lipinski definition) is 11. The Hall–Kier alpha value is -0.294. The molecule has 0 amide bonds. The number of aliphatic hydroxyl groups is 8. The van der Waals surface area contributed by atoms with Crippen molar-refractivity contribution in [3.63, 3.8) is 0 Å². The predicted octanol–water partition coefficient (Wildman–Crippen LogP) is -6.85. The van der Waals surface area contributed by atoms with Crippen LogP contribution in [0.15, 0.2) is 0 Å². The van der Waals surface area contributed by atoms with Gasteiger partial charge in [0.25, 0.3) is 0 Å². The zero-order valence-corrected chi connectivity index (χ0v) is 12.4. The maximum atomic E-state index is 10.7. The van der Waals surface area contributed by atoms with Crippen molar-refractivity contribution in [3.05, 3.63) is 0 Å². The van der Waals surface area contributed by atoms with Crippen molar-refractivity contribution in [2.75, 3.05) is 13.2 Å². The van der Waals surface area contributed by atoms with E-state index in [9.17, 15) is 35.4 Å². The first-order chi connectivity index (χ1) is 11.1. The first-order valence-corrected chi connectivity index (χ1v) is 6.99. The Labute approximate surface area is 154 Å². The summed E-state index contributed by atoms with van der Waals surface area (Å²) in [5, 5.41) is 84.5. The Bertz CT molecular complexity index is 410. The van der Waals surface area contributed by atoms with E-state index in [4.69, 9.17) is 24.8 Å². The molecule has 0 radical (unpaired) electrons. The second-order valence-electron chi connectivity index (χ2n) is 5.32. The van der Waals surface area contributed by atoms with E-state index in [1.165, 1.54) is 0 Å². The van der Waals surface area contributed by atoms with Crippen LogP contribution in [0.4, 0.5) is 0 Å². The molecule has 1 fully saturated rings. The number of hydrogen-bond donors (Lipinski definition) is 9. The summed E-state index contributed by atoms with van der Waals surface area (Å²) in [5.74, 6) is -1.84. The second kappa shape index (κ2) is 10.8. The van der Waals surface area contributed by atoms with E-state index in [1.54, 1.807) is 0 Å². The fourth-order valence-corrected chi connectivity index (χ4v) is 2.16. The van der Waals surface area contributed by atoms with Crippen LogP contribution in [-0.4, -0.2) is 140 Å². The fraction of sp³-hybridized carbons (Fsp3) is 0.917. The molecule has 1 heterocycles. The Morgan fingerprint density at radius 2 is 1.60 bits per heavy atom. The van der Waals surface area contributed by atoms with Crippen LogP contribution in [0.5, 0.6) is 0 Å². The quantitative estimate of drug-likeness (QED) is 0.164. The van der Waals surface area contributed by atoms with Gasteiger partial charge in [-0.2, -0.15) is 0 Å². The molecule has 0 spiro atoms. The third-order valence-corrected chi connectivity index (χ3v) is 3.62. The van der Waals surface area contributed by atoms with Gasteiger partial charge in [0.2, 0.25) is 0 Å². The van der Waals surface area contributed by atoms with Crippen molar-refractivity contribution in [2.24, 2.45) is 0 Å². The molecule has 25 heavy (non-hydrogen) atoms. The van der Waals surface area contributed by atoms with Crippen LogP contribution in [0.3, 0.4) is 0 Å². The number of carboxylic acids is 1. The third-order valence-electron chi connectivity index (χ3n) is 3.62. The van der Waals surface area contributed by atoms with Crippen LogP contribution in [0.1, 0.15) is 0 Å². The van der Waals surface area contributed by atoms with Gasteiger partial charge in [-0.1, -0.05) is 0 Å². The van der Waals surface area contributed by atoms with E-state index >= 15 is 0 Å². The molecule has 0 saturated carbocycles. The molecule has 0 aromatic rings. The van der Waals surface area contributed by atoms with Crippen molar-refractivity contribution in [1.29, 1.82) is 0 Å². The van der Waals surface area contributed by atoms with Gasteiger partial charge < -0.3 is 55.4 Å². The number of rotatable bonds is 8. The molecule has 4 unspecified atom stereocenters. The number of aliphatic carboxylic acids is 1. The summed E-state index contributed by atoms with van der Waals surface area (Å²) in [6, 6.07) is 0. The van der Waals surface area contributed by atoms with Crippen molar-refractivity contribution in [3.8, 4) is 0 Å². The number of carboxylic acid groups (broad SMARTS) is 1. The first-order valence-electron chi connectivity index (χ1n) is 6.99. The summed E-state index contributed by atoms with van der Waals surface area (Å²) in [6.45, 7) is -1.76. The van der Waals surface area contributed by atoms with Gasteiger partial charge in [-0.3, -0.25) is 0 Å². The molecule has 12 nitrogen and oxygen atoms in total. The van der Waals surface area contributed by atoms with E-state index in [2.05, 4.69) is 0 Å². The minimum atomic E-state index is -2.39. The van der Waals surface area contributed by atoms with Crippen LogP contribution in [-0.2, 0) is 14.3 Å². The van der Waals surface area contributed by atoms with Crippen LogP contribution in [0.25, 0.3) is 0 Å². The molecule has 13 heteroatoms. The van der Waals surface area contributed by atoms with Crippen LogP contribution < -0.4 is 0 Å². The zero-order valence-electron chi connectivity index (χ0n) is 12.4. The molecule has 0 aliphatic carbocycles. The van der Waals surface area contributed by atoms with E-state index < -0.39 is 74.3 Å². The van der Waals surface area contributed by atoms with Crippen LogP contribution in [0.2, 0.25) is 0 Å². The molecule has 1 aliphatic heterocycles. The molecule has 0 aromatic carbocycles. The number of carbonyl (C=O) groups is 1. The normalized spacial score (nSPS) is 34.5. The Morgan fingerprint density at radius 3 is 2.04 bits per heavy atom. The molecule has 148 valence electrons. The minimum absolute atomic E-state index is 0. The monoisotopic (exact) mass is 430 g/mol. The van der Waals surface area contributed by atoms with Crippen LogP contribution >= 0.6 is 0 Å². The molecule has 0 aromatic heterocycles. The number of aliphatic hydroxyl groups excluding tert-OH is 8. The number of ether oxygens (including phenoxy) is 2. The summed E-state index contributed by atoms with van der Waals surface area (Å²) < 4.78 is 9.98. The zero-order chi connectivity index (χ0) is 18.6. The fourth-order valence-electron chi connectivity index (χ4n) is 2.16. The average Bonchev–Trinajstić information content (AvgIpc) is 2.57. The summed E-state index contributed by atoms with van der Waals surface area (Å²) in [6.07, 6.45) is -16.9. The van der Waals surface area contributed by atoms with E-state index in [-0.39, 0.29) is 19.8 Å². The molecule has 9 N–H and O–H groups in total. The maximum absolute atomic E-state index is 10.7. The Morgan fingerprint density at radius 1 is 1.04 bits per heavy atom. The topological polar surface area (TPSA) is 218 Å². The molecular formula is C12H25GaO12. The standard InChI is InChI=1S/C12H22O12.Ga.3H/c13-1-3(15)10(7(18)8(19)11(21)22)24-12-9(20)6(17)5(16)4(2-14)23-12;;;;/h3-10,12-20H,1-2H2,(H,21,22);;;;/t3?,4-,5-,6+,7?,8?,9-,10?,12-;;;;/m1..../s1. The van der Waals surface area contributed by atoms with E-state index in [0.29, 0.717) is 0 Å². The molecule has 0 bridgehead atoms. The summed E-state index contributed by atoms with van der Waals surface area (Å²) >= 11 is 0. The summed E-state index contributed by atoms with van der Waals surface area (Å²) in [4.78, 5) is 10.7. The van der Waals surface area contributed by atoms with Gasteiger partial charge in [-0.15, -0.1) is 0 Å². The van der Waals surface area contributed by atoms with Gasteiger partial charge in [0, 0.05) is 0 Å². The predicted molar refractivity (Wildman–Crippen MR) is 81.3 cm³/mol. The molecule has 1 rings (SSSR count). The van der Waals surface area contributed by atoms with Crippen molar-refractivity contribution >= 4 is 25.8 Å². The summed E-state index contributed by atoms with van der Waals surface area (Å²) in [7, 11) is 0. The van der Waals surface area contributed by atoms with E-state index in [1.807, 2.05) is 0 Å². The van der Waals surface area contributed by atoms with Gasteiger partial charge >= 0.3 is 25.8 Å². The molecule has 1 saturated heterocycles. The van der Waals surface area contributed by atoms with Crippen molar-refractivity contribution < 1.29 is 60.2 Å².